The van der Waals surface area contributed by atoms with Gasteiger partial charge in [-0.15, -0.1) is 0 Å². The highest BCUT2D eigenvalue weighted by molar-refractivity contribution is 5.93. The summed E-state index contributed by atoms with van der Waals surface area (Å²) in [7, 11) is 0. The summed E-state index contributed by atoms with van der Waals surface area (Å²) in [5.74, 6) is 0.821. The van der Waals surface area contributed by atoms with Crippen LogP contribution >= 0.6 is 0 Å². The fraction of sp³-hybridized carbons (Fsp3) is 0.640. The molecule has 4 aliphatic carbocycles. The van der Waals surface area contributed by atoms with Gasteiger partial charge in [0.2, 0.25) is 0 Å². The summed E-state index contributed by atoms with van der Waals surface area (Å²) in [6.45, 7) is 6.44. The molecule has 1 amide bonds. The van der Waals surface area contributed by atoms with Crippen molar-refractivity contribution in [3.8, 4) is 0 Å². The van der Waals surface area contributed by atoms with Gasteiger partial charge in [-0.1, -0.05) is 26.8 Å². The van der Waals surface area contributed by atoms with Crippen molar-refractivity contribution in [1.82, 2.24) is 14.7 Å². The van der Waals surface area contributed by atoms with Crippen LogP contribution in [0.3, 0.4) is 0 Å². The number of nitrogens with zero attached hydrogens (tertiary/aromatic N) is 2. The van der Waals surface area contributed by atoms with E-state index < -0.39 is 17.3 Å². The summed E-state index contributed by atoms with van der Waals surface area (Å²) in [6, 6.07) is 5.43. The zero-order valence-electron chi connectivity index (χ0n) is 18.7. The van der Waals surface area contributed by atoms with Crippen LogP contribution in [-0.4, -0.2) is 32.9 Å². The Labute approximate surface area is 183 Å². The molecule has 1 unspecified atom stereocenters. The second-order valence-electron chi connectivity index (χ2n) is 11.5. The molecule has 4 aliphatic rings. The molecule has 1 atom stereocenters. The Morgan fingerprint density at radius 2 is 1.77 bits per heavy atom. The quantitative estimate of drug-likeness (QED) is 0.742. The second kappa shape index (κ2) is 7.07. The van der Waals surface area contributed by atoms with Gasteiger partial charge in [0.05, 0.1) is 5.69 Å². The van der Waals surface area contributed by atoms with Gasteiger partial charge in [-0.05, 0) is 79.2 Å². The fourth-order valence-corrected chi connectivity index (χ4v) is 7.16. The lowest BCUT2D eigenvalue weighted by molar-refractivity contribution is -0.141. The molecule has 2 heterocycles. The topological polar surface area (TPSA) is 83.7 Å². The lowest BCUT2D eigenvalue weighted by Gasteiger charge is -2.56. The van der Waals surface area contributed by atoms with Crippen LogP contribution in [0.4, 0.5) is 0 Å². The van der Waals surface area contributed by atoms with E-state index in [0.29, 0.717) is 17.0 Å². The SMILES string of the molecule is CC(C)(C)C(C(=O)O)c1cn2c(C(=O)NCC34CC5CC(CC(C5)C3)C4)cccc2n1. The Balaban J connectivity index is 1.38. The van der Waals surface area contributed by atoms with E-state index in [1.54, 1.807) is 16.7 Å². The normalized spacial score (nSPS) is 30.5. The van der Waals surface area contributed by atoms with Gasteiger partial charge in [0, 0.05) is 12.7 Å². The van der Waals surface area contributed by atoms with E-state index in [2.05, 4.69) is 10.3 Å². The number of nitrogens with one attached hydrogen (secondary N) is 1. The second-order valence-corrected chi connectivity index (χ2v) is 11.5. The minimum atomic E-state index is -0.899. The molecule has 166 valence electrons. The molecule has 2 N–H and O–H groups in total. The van der Waals surface area contributed by atoms with E-state index >= 15 is 0 Å². The van der Waals surface area contributed by atoms with E-state index in [0.717, 1.165) is 24.3 Å². The molecule has 6 nitrogen and oxygen atoms in total. The van der Waals surface area contributed by atoms with Crippen LogP contribution in [0.5, 0.6) is 0 Å². The molecule has 0 radical (unpaired) electrons. The summed E-state index contributed by atoms with van der Waals surface area (Å²) in [5.41, 5.74) is 1.40. The van der Waals surface area contributed by atoms with Crippen LogP contribution in [0.1, 0.15) is 81.4 Å². The first-order valence-corrected chi connectivity index (χ1v) is 11.6. The van der Waals surface area contributed by atoms with Crippen molar-refractivity contribution in [2.75, 3.05) is 6.54 Å². The Morgan fingerprint density at radius 3 is 2.32 bits per heavy atom. The molecule has 4 fully saturated rings. The van der Waals surface area contributed by atoms with Crippen LogP contribution in [0.15, 0.2) is 24.4 Å². The van der Waals surface area contributed by atoms with Crippen LogP contribution in [0.2, 0.25) is 0 Å². The summed E-state index contributed by atoms with van der Waals surface area (Å²) in [4.78, 5) is 29.7. The van der Waals surface area contributed by atoms with E-state index in [-0.39, 0.29) is 11.3 Å². The lowest BCUT2D eigenvalue weighted by atomic mass is 9.49. The first-order valence-electron chi connectivity index (χ1n) is 11.6. The Hall–Kier alpha value is -2.37. The molecule has 31 heavy (non-hydrogen) atoms. The third kappa shape index (κ3) is 3.64. The average molecular weight is 424 g/mol. The fourth-order valence-electron chi connectivity index (χ4n) is 7.16. The number of hydrogen-bond donors (Lipinski definition) is 2. The predicted octanol–water partition coefficient (Wildman–Crippen LogP) is 4.49. The third-order valence-corrected chi connectivity index (χ3v) is 7.94. The van der Waals surface area contributed by atoms with Crippen LogP contribution in [0.25, 0.3) is 5.65 Å². The van der Waals surface area contributed by atoms with Crippen LogP contribution in [0, 0.1) is 28.6 Å². The molecule has 0 saturated heterocycles. The van der Waals surface area contributed by atoms with Crippen molar-refractivity contribution >= 4 is 17.5 Å². The molecule has 0 spiro atoms. The highest BCUT2D eigenvalue weighted by atomic mass is 16.4. The van der Waals surface area contributed by atoms with Crippen molar-refractivity contribution in [1.29, 1.82) is 0 Å². The number of fused-ring (bicyclic) bond motifs is 1. The summed E-state index contributed by atoms with van der Waals surface area (Å²) in [5, 5.41) is 13.0. The van der Waals surface area contributed by atoms with Gasteiger partial charge < -0.3 is 10.4 Å². The maximum atomic E-state index is 13.2. The standard InChI is InChI=1S/C25H33N3O3/c1-24(2,3)21(23(30)31)18-13-28-19(5-4-6-20(28)27-18)22(29)26-14-25-10-15-7-16(11-25)9-17(8-15)12-25/h4-6,13,15-17,21H,7-12,14H2,1-3H3,(H,26,29)(H,30,31). The first-order chi connectivity index (χ1) is 14.6. The first kappa shape index (κ1) is 20.5. The van der Waals surface area contributed by atoms with Crippen molar-refractivity contribution in [2.45, 2.75) is 65.2 Å². The Kier molecular flexibility index (Phi) is 4.68. The predicted molar refractivity (Wildman–Crippen MR) is 118 cm³/mol. The largest absolute Gasteiger partial charge is 0.481 e. The molecule has 4 bridgehead atoms. The molecule has 2 aromatic rings. The number of aliphatic carboxylic acids is 1. The van der Waals surface area contributed by atoms with Gasteiger partial charge in [0.15, 0.2) is 0 Å². The molecular weight excluding hydrogens is 390 g/mol. The highest BCUT2D eigenvalue weighted by Gasteiger charge is 2.50. The van der Waals surface area contributed by atoms with Crippen molar-refractivity contribution in [3.05, 3.63) is 35.8 Å². The average Bonchev–Trinajstić information content (AvgIpc) is 3.06. The van der Waals surface area contributed by atoms with Crippen molar-refractivity contribution in [2.24, 2.45) is 28.6 Å². The lowest BCUT2D eigenvalue weighted by Crippen LogP contribution is -2.51. The van der Waals surface area contributed by atoms with E-state index in [4.69, 9.17) is 0 Å². The summed E-state index contributed by atoms with van der Waals surface area (Å²) < 4.78 is 1.74. The maximum Gasteiger partial charge on any atom is 0.313 e. The van der Waals surface area contributed by atoms with Gasteiger partial charge in [0.25, 0.3) is 5.91 Å². The molecule has 0 aliphatic heterocycles. The number of carboxylic acid groups (broad SMARTS) is 1. The Bertz CT molecular complexity index is 997. The van der Waals surface area contributed by atoms with Gasteiger partial charge in [-0.25, -0.2) is 4.98 Å². The molecule has 6 heteroatoms. The van der Waals surface area contributed by atoms with Crippen LogP contribution in [-0.2, 0) is 4.79 Å². The number of carbonyl (C=O) groups excluding carboxylic acids is 1. The number of hydrogen-bond acceptors (Lipinski definition) is 3. The molecule has 6 rings (SSSR count). The van der Waals surface area contributed by atoms with Gasteiger partial charge in [0.1, 0.15) is 17.3 Å². The summed E-state index contributed by atoms with van der Waals surface area (Å²) in [6.07, 6.45) is 9.66. The summed E-state index contributed by atoms with van der Waals surface area (Å²) >= 11 is 0. The van der Waals surface area contributed by atoms with E-state index in [1.807, 2.05) is 32.9 Å². The highest BCUT2D eigenvalue weighted by Crippen LogP contribution is 2.59. The van der Waals surface area contributed by atoms with E-state index in [9.17, 15) is 14.7 Å². The minimum absolute atomic E-state index is 0.104. The number of carboxylic acids is 1. The van der Waals surface area contributed by atoms with Crippen LogP contribution < -0.4 is 5.32 Å². The smallest absolute Gasteiger partial charge is 0.313 e. The van der Waals surface area contributed by atoms with Gasteiger partial charge in [-0.3, -0.25) is 14.0 Å². The van der Waals surface area contributed by atoms with E-state index in [1.165, 1.54) is 38.5 Å². The minimum Gasteiger partial charge on any atom is -0.481 e. The number of amides is 1. The number of aromatic nitrogens is 2. The number of pyridine rings is 1. The molecule has 0 aromatic carbocycles. The third-order valence-electron chi connectivity index (χ3n) is 7.94. The number of rotatable bonds is 5. The molecule has 2 aromatic heterocycles. The van der Waals surface area contributed by atoms with Crippen molar-refractivity contribution in [3.63, 3.8) is 0 Å². The van der Waals surface area contributed by atoms with Gasteiger partial charge in [-0.2, -0.15) is 0 Å². The molecule has 4 saturated carbocycles. The van der Waals surface area contributed by atoms with Gasteiger partial charge >= 0.3 is 5.97 Å². The zero-order chi connectivity index (χ0) is 22.0. The van der Waals surface area contributed by atoms with Crippen molar-refractivity contribution < 1.29 is 14.7 Å². The maximum absolute atomic E-state index is 13.2. The zero-order valence-corrected chi connectivity index (χ0v) is 18.7. The number of imidazole rings is 1. The number of carbonyl (C=O) groups is 2. The Morgan fingerprint density at radius 1 is 1.16 bits per heavy atom. The monoisotopic (exact) mass is 423 g/mol. The molecular formula is C25H33N3O3.